The molecule has 1 aliphatic rings. The predicted molar refractivity (Wildman–Crippen MR) is 75.1 cm³/mol. The lowest BCUT2D eigenvalue weighted by atomic mass is 9.93. The Balaban J connectivity index is 2.18. The first-order valence-electron chi connectivity index (χ1n) is 6.68. The van der Waals surface area contributed by atoms with Gasteiger partial charge in [-0.05, 0) is 37.5 Å². The number of rotatable bonds is 2. The van der Waals surface area contributed by atoms with Gasteiger partial charge in [0.05, 0.1) is 10.9 Å². The molecule has 0 aromatic heterocycles. The van der Waals surface area contributed by atoms with Gasteiger partial charge in [0.2, 0.25) is 0 Å². The summed E-state index contributed by atoms with van der Waals surface area (Å²) in [4.78, 5) is 14.0. The zero-order valence-corrected chi connectivity index (χ0v) is 12.1. The lowest BCUT2D eigenvalue weighted by Gasteiger charge is -2.35. The minimum atomic E-state index is -0.459. The van der Waals surface area contributed by atoms with Crippen LogP contribution in [0.2, 0.25) is 0 Å². The van der Waals surface area contributed by atoms with E-state index in [9.17, 15) is 9.18 Å². The summed E-state index contributed by atoms with van der Waals surface area (Å²) in [5, 5.41) is -0.0313. The molecule has 0 bridgehead atoms. The van der Waals surface area contributed by atoms with Crippen molar-refractivity contribution in [3.8, 4) is 0 Å². The van der Waals surface area contributed by atoms with Crippen LogP contribution in [0, 0.1) is 12.7 Å². The lowest BCUT2D eigenvalue weighted by molar-refractivity contribution is 0.0695. The van der Waals surface area contributed by atoms with E-state index in [1.165, 1.54) is 6.07 Å². The number of carbonyl (C=O) groups is 1. The smallest absolute Gasteiger partial charge is 0.256 e. The van der Waals surface area contributed by atoms with Gasteiger partial charge >= 0.3 is 0 Å². The van der Waals surface area contributed by atoms with E-state index >= 15 is 0 Å². The number of halogens is 2. The molecule has 1 saturated carbocycles. The first-order valence-corrected chi connectivity index (χ1v) is 7.11. The second-order valence-corrected chi connectivity index (χ2v) is 5.83. The molecule has 2 rings (SSSR count). The summed E-state index contributed by atoms with van der Waals surface area (Å²) in [5.41, 5.74) is 0.937. The number of benzene rings is 1. The quantitative estimate of drug-likeness (QED) is 0.757. The van der Waals surface area contributed by atoms with Gasteiger partial charge in [-0.3, -0.25) is 4.79 Å². The number of amides is 1. The van der Waals surface area contributed by atoms with Gasteiger partial charge in [0.25, 0.3) is 5.91 Å². The summed E-state index contributed by atoms with van der Waals surface area (Å²) in [6.45, 7) is 1.80. The minimum absolute atomic E-state index is 0.00335. The van der Waals surface area contributed by atoms with Gasteiger partial charge in [0.15, 0.2) is 0 Å². The Labute approximate surface area is 118 Å². The second-order valence-electron chi connectivity index (χ2n) is 5.27. The first kappa shape index (κ1) is 14.3. The molecule has 2 nitrogen and oxygen atoms in total. The van der Waals surface area contributed by atoms with E-state index in [0.29, 0.717) is 0 Å². The largest absolute Gasteiger partial charge is 0.337 e. The SMILES string of the molecule is Cc1ccc(C(=O)N(C)C2CCCCC2Cl)c(F)c1. The van der Waals surface area contributed by atoms with Gasteiger partial charge in [-0.25, -0.2) is 4.39 Å². The summed E-state index contributed by atoms with van der Waals surface area (Å²) in [5.74, 6) is -0.742. The maximum Gasteiger partial charge on any atom is 0.256 e. The summed E-state index contributed by atoms with van der Waals surface area (Å²) in [6, 6.07) is 4.70. The molecule has 1 aromatic rings. The Morgan fingerprint density at radius 1 is 1.37 bits per heavy atom. The van der Waals surface area contributed by atoms with Crippen LogP contribution in [0.3, 0.4) is 0 Å². The first-order chi connectivity index (χ1) is 9.00. The van der Waals surface area contributed by atoms with Gasteiger partial charge in [-0.15, -0.1) is 11.6 Å². The van der Waals surface area contributed by atoms with Gasteiger partial charge < -0.3 is 4.90 Å². The van der Waals surface area contributed by atoms with Crippen LogP contribution in [0.5, 0.6) is 0 Å². The molecule has 1 fully saturated rings. The average molecular weight is 284 g/mol. The maximum absolute atomic E-state index is 13.8. The monoisotopic (exact) mass is 283 g/mol. The molecule has 0 aliphatic heterocycles. The minimum Gasteiger partial charge on any atom is -0.337 e. The number of hydrogen-bond acceptors (Lipinski definition) is 1. The van der Waals surface area contributed by atoms with Crippen molar-refractivity contribution in [2.75, 3.05) is 7.05 Å². The molecule has 0 spiro atoms. The van der Waals surface area contributed by atoms with Crippen LogP contribution in [-0.4, -0.2) is 29.3 Å². The maximum atomic E-state index is 13.8. The number of hydrogen-bond donors (Lipinski definition) is 0. The number of aryl methyl sites for hydroxylation is 1. The van der Waals surface area contributed by atoms with E-state index in [1.807, 2.05) is 0 Å². The fraction of sp³-hybridized carbons (Fsp3) is 0.533. The zero-order valence-electron chi connectivity index (χ0n) is 11.3. The van der Waals surface area contributed by atoms with Crippen LogP contribution < -0.4 is 0 Å². The highest BCUT2D eigenvalue weighted by Crippen LogP contribution is 2.27. The Bertz CT molecular complexity index is 477. The molecule has 2 atom stereocenters. The molecule has 0 heterocycles. The highest BCUT2D eigenvalue weighted by molar-refractivity contribution is 6.21. The zero-order chi connectivity index (χ0) is 14.0. The normalized spacial score (nSPS) is 23.2. The molecular formula is C15H19ClFNO. The third kappa shape index (κ3) is 3.08. The van der Waals surface area contributed by atoms with Crippen molar-refractivity contribution in [1.82, 2.24) is 4.90 Å². The van der Waals surface area contributed by atoms with E-state index < -0.39 is 5.82 Å². The highest BCUT2D eigenvalue weighted by Gasteiger charge is 2.30. The third-order valence-electron chi connectivity index (χ3n) is 3.82. The van der Waals surface area contributed by atoms with Gasteiger partial charge in [-0.2, -0.15) is 0 Å². The van der Waals surface area contributed by atoms with Crippen LogP contribution in [0.4, 0.5) is 4.39 Å². The number of nitrogens with zero attached hydrogens (tertiary/aromatic N) is 1. The molecule has 19 heavy (non-hydrogen) atoms. The summed E-state index contributed by atoms with van der Waals surface area (Å²) in [7, 11) is 1.72. The van der Waals surface area contributed by atoms with E-state index in [4.69, 9.17) is 11.6 Å². The van der Waals surface area contributed by atoms with Crippen molar-refractivity contribution in [3.05, 3.63) is 35.1 Å². The molecular weight excluding hydrogens is 265 g/mol. The summed E-state index contributed by atoms with van der Waals surface area (Å²) >= 11 is 6.29. The predicted octanol–water partition coefficient (Wildman–Crippen LogP) is 3.76. The van der Waals surface area contributed by atoms with Crippen LogP contribution in [0.25, 0.3) is 0 Å². The van der Waals surface area contributed by atoms with Crippen LogP contribution in [0.15, 0.2) is 18.2 Å². The van der Waals surface area contributed by atoms with Crippen molar-refractivity contribution in [2.24, 2.45) is 0 Å². The Hall–Kier alpha value is -1.09. The molecule has 0 radical (unpaired) electrons. The van der Waals surface area contributed by atoms with E-state index in [-0.39, 0.29) is 22.9 Å². The molecule has 0 saturated heterocycles. The van der Waals surface area contributed by atoms with Gasteiger partial charge in [0, 0.05) is 13.1 Å². The molecule has 1 aromatic carbocycles. The average Bonchev–Trinajstić information content (AvgIpc) is 2.38. The number of alkyl halides is 1. The van der Waals surface area contributed by atoms with Crippen molar-refractivity contribution >= 4 is 17.5 Å². The van der Waals surface area contributed by atoms with Gasteiger partial charge in [0.1, 0.15) is 5.82 Å². The van der Waals surface area contributed by atoms with Crippen molar-refractivity contribution in [1.29, 1.82) is 0 Å². The van der Waals surface area contributed by atoms with Crippen LogP contribution >= 0.6 is 11.6 Å². The van der Waals surface area contributed by atoms with Crippen LogP contribution in [-0.2, 0) is 0 Å². The molecule has 1 amide bonds. The molecule has 4 heteroatoms. The topological polar surface area (TPSA) is 20.3 Å². The highest BCUT2D eigenvalue weighted by atomic mass is 35.5. The van der Waals surface area contributed by atoms with E-state index in [1.54, 1.807) is 31.0 Å². The third-order valence-corrected chi connectivity index (χ3v) is 4.33. The second kappa shape index (κ2) is 5.91. The molecule has 104 valence electrons. The van der Waals surface area contributed by atoms with Gasteiger partial charge in [-0.1, -0.05) is 18.9 Å². The van der Waals surface area contributed by atoms with Crippen molar-refractivity contribution < 1.29 is 9.18 Å². The van der Waals surface area contributed by atoms with Crippen molar-refractivity contribution in [2.45, 2.75) is 44.0 Å². The Kier molecular flexibility index (Phi) is 4.46. The molecule has 0 N–H and O–H groups in total. The lowest BCUT2D eigenvalue weighted by Crippen LogP contribution is -2.44. The van der Waals surface area contributed by atoms with Crippen molar-refractivity contribution in [3.63, 3.8) is 0 Å². The standard InChI is InChI=1S/C15H19ClFNO/c1-10-7-8-11(13(17)9-10)15(19)18(2)14-6-4-3-5-12(14)16/h7-9,12,14H,3-6H2,1-2H3. The Morgan fingerprint density at radius 2 is 2.05 bits per heavy atom. The van der Waals surface area contributed by atoms with E-state index in [0.717, 1.165) is 31.2 Å². The fourth-order valence-corrected chi connectivity index (χ4v) is 3.09. The summed E-state index contributed by atoms with van der Waals surface area (Å²) < 4.78 is 13.8. The van der Waals surface area contributed by atoms with Crippen LogP contribution in [0.1, 0.15) is 41.6 Å². The molecule has 2 unspecified atom stereocenters. The fourth-order valence-electron chi connectivity index (χ4n) is 2.64. The molecule has 1 aliphatic carbocycles. The summed E-state index contributed by atoms with van der Waals surface area (Å²) in [6.07, 6.45) is 3.98. The Morgan fingerprint density at radius 3 is 2.68 bits per heavy atom. The van der Waals surface area contributed by atoms with E-state index in [2.05, 4.69) is 0 Å². The number of carbonyl (C=O) groups excluding carboxylic acids is 1.